The number of rotatable bonds is 33. The highest BCUT2D eigenvalue weighted by atomic mass is 32.2. The van der Waals surface area contributed by atoms with Crippen LogP contribution in [0.2, 0.25) is 0 Å². The van der Waals surface area contributed by atoms with Gasteiger partial charge in [-0.2, -0.15) is 0 Å². The van der Waals surface area contributed by atoms with Gasteiger partial charge in [0.25, 0.3) is 0 Å². The quantitative estimate of drug-likeness (QED) is 0.0461. The van der Waals surface area contributed by atoms with Crippen LogP contribution in [0, 0.1) is 0 Å². The van der Waals surface area contributed by atoms with Crippen molar-refractivity contribution in [2.24, 2.45) is 0 Å². The zero-order valence-electron chi connectivity index (χ0n) is 33.7. The molecule has 290 valence electrons. The zero-order valence-corrected chi connectivity index (χ0v) is 34.5. The van der Waals surface area contributed by atoms with Crippen LogP contribution in [0.4, 0.5) is 0 Å². The lowest BCUT2D eigenvalue weighted by atomic mass is 10.1. The Morgan fingerprint density at radius 2 is 0.673 bits per heavy atom. The Bertz CT molecular complexity index is 1160. The van der Waals surface area contributed by atoms with Gasteiger partial charge in [0.05, 0.1) is 19.8 Å². The van der Waals surface area contributed by atoms with Crippen molar-refractivity contribution in [3.05, 3.63) is 72.8 Å². The van der Waals surface area contributed by atoms with Crippen LogP contribution in [0.3, 0.4) is 0 Å². The first-order valence-electron chi connectivity index (χ1n) is 21.7. The maximum Gasteiger partial charge on any atom is 0.250 e. The fourth-order valence-corrected chi connectivity index (χ4v) is 9.04. The van der Waals surface area contributed by atoms with E-state index in [1.807, 2.05) is 0 Å². The SMILES string of the molecule is CCCCCCCCCCOc1cc(OCCCCCCCCCC)c([S+](c2ccccc2)c2ccccc2)c(OCCCCCCCCCC)c1. The van der Waals surface area contributed by atoms with Gasteiger partial charge in [0, 0.05) is 12.1 Å². The molecular formula is C48H75O3S+. The fraction of sp³-hybridized carbons (Fsp3) is 0.625. The highest BCUT2D eigenvalue weighted by molar-refractivity contribution is 7.97. The average Bonchev–Trinajstić information content (AvgIpc) is 3.17. The molecule has 0 radical (unpaired) electrons. The van der Waals surface area contributed by atoms with Crippen LogP contribution in [0.5, 0.6) is 17.2 Å². The molecule has 3 rings (SSSR count). The monoisotopic (exact) mass is 732 g/mol. The van der Waals surface area contributed by atoms with Crippen LogP contribution < -0.4 is 14.2 Å². The van der Waals surface area contributed by atoms with Crippen molar-refractivity contribution in [1.29, 1.82) is 0 Å². The van der Waals surface area contributed by atoms with E-state index in [-0.39, 0.29) is 0 Å². The number of unbranched alkanes of at least 4 members (excludes halogenated alkanes) is 21. The van der Waals surface area contributed by atoms with E-state index in [9.17, 15) is 0 Å². The van der Waals surface area contributed by atoms with Crippen molar-refractivity contribution in [2.75, 3.05) is 19.8 Å². The molecule has 0 fully saturated rings. The van der Waals surface area contributed by atoms with Crippen molar-refractivity contribution in [2.45, 2.75) is 190 Å². The number of hydrogen-bond acceptors (Lipinski definition) is 3. The molecule has 0 N–H and O–H groups in total. The van der Waals surface area contributed by atoms with Crippen LogP contribution in [0.25, 0.3) is 0 Å². The van der Waals surface area contributed by atoms with Crippen molar-refractivity contribution < 1.29 is 14.2 Å². The van der Waals surface area contributed by atoms with E-state index in [2.05, 4.69) is 93.6 Å². The average molecular weight is 732 g/mol. The van der Waals surface area contributed by atoms with Crippen LogP contribution in [0.15, 0.2) is 87.5 Å². The van der Waals surface area contributed by atoms with Gasteiger partial charge in [0.2, 0.25) is 4.90 Å². The summed E-state index contributed by atoms with van der Waals surface area (Å²) in [4.78, 5) is 3.70. The second kappa shape index (κ2) is 29.8. The smallest absolute Gasteiger partial charge is 0.250 e. The summed E-state index contributed by atoms with van der Waals surface area (Å²) in [6, 6.07) is 26.2. The van der Waals surface area contributed by atoms with Crippen molar-refractivity contribution in [3.63, 3.8) is 0 Å². The molecule has 0 aliphatic rings. The highest BCUT2D eigenvalue weighted by Gasteiger charge is 2.37. The molecule has 4 heteroatoms. The van der Waals surface area contributed by atoms with Crippen molar-refractivity contribution >= 4 is 10.9 Å². The summed E-state index contributed by atoms with van der Waals surface area (Å²) in [6.45, 7) is 9.01. The Hall–Kier alpha value is -2.59. The first kappa shape index (κ1) is 43.8. The molecule has 3 nitrogen and oxygen atoms in total. The third-order valence-corrected chi connectivity index (χ3v) is 12.2. The highest BCUT2D eigenvalue weighted by Crippen LogP contribution is 2.45. The molecule has 52 heavy (non-hydrogen) atoms. The number of hydrogen-bond donors (Lipinski definition) is 0. The largest absolute Gasteiger partial charge is 0.493 e. The Kier molecular flexibility index (Phi) is 25.1. The molecule has 0 aromatic heterocycles. The molecule has 3 aromatic carbocycles. The minimum Gasteiger partial charge on any atom is -0.493 e. The minimum absolute atomic E-state index is 0.393. The van der Waals surface area contributed by atoms with Gasteiger partial charge >= 0.3 is 0 Å². The fourth-order valence-electron chi connectivity index (χ4n) is 6.80. The van der Waals surface area contributed by atoms with E-state index in [0.717, 1.165) is 48.0 Å². The van der Waals surface area contributed by atoms with Gasteiger partial charge in [0.15, 0.2) is 21.3 Å². The third-order valence-electron chi connectivity index (χ3n) is 9.93. The van der Waals surface area contributed by atoms with E-state index in [1.54, 1.807) is 0 Å². The second-order valence-corrected chi connectivity index (χ2v) is 16.6. The van der Waals surface area contributed by atoms with Gasteiger partial charge in [-0.05, 0) is 43.5 Å². The van der Waals surface area contributed by atoms with E-state index in [4.69, 9.17) is 14.2 Å². The normalized spacial score (nSPS) is 11.3. The predicted molar refractivity (Wildman–Crippen MR) is 226 cm³/mol. The standard InChI is InChI=1S/C48H75O3S/c1-4-7-10-13-16-19-22-31-38-49-43-41-46(50-39-32-23-20-17-14-11-8-5-2)48(47(42-43)51-40-33-24-21-18-15-12-9-6-3)52(44-34-27-25-28-35-44)45-36-29-26-30-37-45/h25-30,34-37,41-42H,4-24,31-33,38-40H2,1-3H3/q+1. The van der Waals surface area contributed by atoms with Crippen molar-refractivity contribution in [3.8, 4) is 17.2 Å². The first-order valence-corrected chi connectivity index (χ1v) is 22.9. The third kappa shape index (κ3) is 18.4. The van der Waals surface area contributed by atoms with Crippen LogP contribution in [-0.4, -0.2) is 19.8 Å². The molecule has 0 saturated carbocycles. The Labute approximate surface area is 323 Å². The minimum atomic E-state index is -0.393. The lowest BCUT2D eigenvalue weighted by Crippen LogP contribution is -2.12. The molecule has 0 amide bonds. The van der Waals surface area contributed by atoms with E-state index >= 15 is 0 Å². The molecule has 0 atom stereocenters. The molecular weight excluding hydrogens is 657 g/mol. The number of ether oxygens (including phenoxy) is 3. The zero-order chi connectivity index (χ0) is 36.7. The van der Waals surface area contributed by atoms with Gasteiger partial charge in [0.1, 0.15) is 16.6 Å². The Morgan fingerprint density at radius 3 is 1.02 bits per heavy atom. The topological polar surface area (TPSA) is 27.7 Å². The van der Waals surface area contributed by atoms with Crippen LogP contribution in [0.1, 0.15) is 175 Å². The second-order valence-electron chi connectivity index (χ2n) is 14.7. The molecule has 0 spiro atoms. The summed E-state index contributed by atoms with van der Waals surface area (Å²) < 4.78 is 20.1. The molecule has 0 aliphatic heterocycles. The van der Waals surface area contributed by atoms with Gasteiger partial charge in [-0.25, -0.2) is 0 Å². The van der Waals surface area contributed by atoms with E-state index in [0.29, 0.717) is 13.2 Å². The summed E-state index contributed by atoms with van der Waals surface area (Å²) in [6.07, 6.45) is 30.9. The summed E-state index contributed by atoms with van der Waals surface area (Å²) in [5.41, 5.74) is 0. The van der Waals surface area contributed by atoms with Gasteiger partial charge in [-0.1, -0.05) is 192 Å². The van der Waals surface area contributed by atoms with Crippen LogP contribution >= 0.6 is 0 Å². The first-order chi connectivity index (χ1) is 25.8. The maximum absolute atomic E-state index is 6.82. The van der Waals surface area contributed by atoms with E-state index < -0.39 is 10.9 Å². The predicted octanol–water partition coefficient (Wildman–Crippen LogP) is 15.3. The van der Waals surface area contributed by atoms with E-state index in [1.165, 1.54) is 145 Å². The lowest BCUT2D eigenvalue weighted by molar-refractivity contribution is 0.266. The summed E-state index contributed by atoms with van der Waals surface area (Å²) in [7, 11) is -0.393. The lowest BCUT2D eigenvalue weighted by Gasteiger charge is -2.19. The molecule has 0 unspecified atom stereocenters. The van der Waals surface area contributed by atoms with Gasteiger partial charge < -0.3 is 14.2 Å². The molecule has 0 heterocycles. The summed E-state index contributed by atoms with van der Waals surface area (Å²) in [5.74, 6) is 2.70. The number of benzene rings is 3. The Morgan fingerprint density at radius 1 is 0.365 bits per heavy atom. The summed E-state index contributed by atoms with van der Waals surface area (Å²) in [5, 5.41) is 0. The van der Waals surface area contributed by atoms with Crippen LogP contribution in [-0.2, 0) is 10.9 Å². The molecule has 0 aliphatic carbocycles. The molecule has 3 aromatic rings. The van der Waals surface area contributed by atoms with Crippen molar-refractivity contribution in [1.82, 2.24) is 0 Å². The van der Waals surface area contributed by atoms with Gasteiger partial charge in [-0.3, -0.25) is 0 Å². The molecule has 0 bridgehead atoms. The summed E-state index contributed by atoms with van der Waals surface area (Å²) >= 11 is 0. The maximum atomic E-state index is 6.82. The Balaban J connectivity index is 1.82. The molecule has 0 saturated heterocycles. The van der Waals surface area contributed by atoms with Gasteiger partial charge in [-0.15, -0.1) is 0 Å².